The largest absolute Gasteiger partial charge is 0.416 e. The van der Waals surface area contributed by atoms with Crippen molar-refractivity contribution in [1.82, 2.24) is 0 Å². The van der Waals surface area contributed by atoms with Crippen LogP contribution >= 0.6 is 45.1 Å². The van der Waals surface area contributed by atoms with E-state index in [4.69, 9.17) is 11.6 Å². The molecule has 1 aliphatic heterocycles. The lowest BCUT2D eigenvalue weighted by Crippen LogP contribution is -2.08. The molecule has 1 aromatic rings. The first kappa shape index (κ1) is 15.3. The van der Waals surface area contributed by atoms with Gasteiger partial charge in [0.15, 0.2) is 0 Å². The predicted molar refractivity (Wildman–Crippen MR) is 84.6 cm³/mol. The van der Waals surface area contributed by atoms with E-state index in [1.54, 1.807) is 11.5 Å². The maximum Gasteiger partial charge on any atom is 0.416 e. The molecule has 0 fully saturated rings. The molecule has 1 aromatic carbocycles. The van der Waals surface area contributed by atoms with Gasteiger partial charge in [-0.1, -0.05) is 40.3 Å². The molecule has 0 aromatic heterocycles. The number of allylic oxidation sites excluding steroid dienone is 2. The molecule has 19 heavy (non-hydrogen) atoms. The third kappa shape index (κ3) is 3.70. The second kappa shape index (κ2) is 6.10. The van der Waals surface area contributed by atoms with Crippen molar-refractivity contribution in [3.63, 3.8) is 0 Å². The highest BCUT2D eigenvalue weighted by Gasteiger charge is 2.34. The Hall–Kier alpha value is -0.140. The van der Waals surface area contributed by atoms with E-state index in [2.05, 4.69) is 22.6 Å². The third-order valence-corrected chi connectivity index (χ3v) is 5.51. The highest BCUT2D eigenvalue weighted by Crippen LogP contribution is 2.48. The molecule has 6 heteroatoms. The number of aryl methyl sites for hydroxylation is 1. The van der Waals surface area contributed by atoms with Crippen LogP contribution in [0.1, 0.15) is 5.56 Å². The molecular weight excluding hydrogens is 408 g/mol. The Morgan fingerprint density at radius 1 is 1.26 bits per heavy atom. The van der Waals surface area contributed by atoms with Crippen LogP contribution in [0.3, 0.4) is 0 Å². The minimum absolute atomic E-state index is 0.564. The summed E-state index contributed by atoms with van der Waals surface area (Å²) in [4.78, 5) is 0.854. The van der Waals surface area contributed by atoms with Crippen LogP contribution < -0.4 is 0 Å². The quantitative estimate of drug-likeness (QED) is 0.366. The summed E-state index contributed by atoms with van der Waals surface area (Å²) in [5, 5.41) is 3.54. The smallest absolute Gasteiger partial charge is 0.185 e. The van der Waals surface area contributed by atoms with Crippen LogP contribution in [0.25, 0.3) is 0 Å². The third-order valence-electron chi connectivity index (χ3n) is 2.72. The molecule has 1 aliphatic rings. The topological polar surface area (TPSA) is 0 Å². The highest BCUT2D eigenvalue weighted by atomic mass is 127. The number of rotatable bonds is 3. The Kier molecular flexibility index (Phi) is 4.89. The highest BCUT2D eigenvalue weighted by molar-refractivity contribution is 14.1. The van der Waals surface area contributed by atoms with Gasteiger partial charge in [0, 0.05) is 9.45 Å². The zero-order valence-electron chi connectivity index (χ0n) is 9.72. The van der Waals surface area contributed by atoms with Gasteiger partial charge in [0.1, 0.15) is 0 Å². The first-order chi connectivity index (χ1) is 8.91. The second-order valence-corrected chi connectivity index (χ2v) is 7.39. The van der Waals surface area contributed by atoms with Crippen molar-refractivity contribution in [3.8, 4) is 0 Å². The second-order valence-electron chi connectivity index (χ2n) is 4.02. The Morgan fingerprint density at radius 3 is 2.53 bits per heavy atom. The van der Waals surface area contributed by atoms with Crippen molar-refractivity contribution in [2.75, 3.05) is 4.43 Å². The standard InChI is InChI=1S/C13H11ClF3IS/c14-12-7-11(2-1-9(12)3-5-18)19-6-4-10(8-19)13(15,16)17/h1-2,4,6-8,19H,3,5H2. The van der Waals surface area contributed by atoms with Gasteiger partial charge in [-0.3, -0.25) is 0 Å². The molecule has 0 aliphatic carbocycles. The van der Waals surface area contributed by atoms with E-state index in [0.717, 1.165) is 27.4 Å². The summed E-state index contributed by atoms with van der Waals surface area (Å²) in [7, 11) is -1.03. The fourth-order valence-electron chi connectivity index (χ4n) is 1.73. The van der Waals surface area contributed by atoms with Gasteiger partial charge in [-0.05, 0) is 45.9 Å². The molecule has 0 saturated carbocycles. The van der Waals surface area contributed by atoms with E-state index < -0.39 is 22.6 Å². The van der Waals surface area contributed by atoms with Crippen molar-refractivity contribution in [2.45, 2.75) is 17.5 Å². The normalized spacial score (nSPS) is 20.7. The summed E-state index contributed by atoms with van der Waals surface area (Å²) in [6.07, 6.45) is -2.24. The minimum Gasteiger partial charge on any atom is -0.185 e. The molecule has 0 saturated heterocycles. The molecule has 2 rings (SSSR count). The number of alkyl halides is 4. The van der Waals surface area contributed by atoms with Crippen LogP contribution in [0.2, 0.25) is 5.02 Å². The number of thiol groups is 1. The van der Waals surface area contributed by atoms with E-state index in [1.165, 1.54) is 5.41 Å². The zero-order valence-corrected chi connectivity index (χ0v) is 13.5. The van der Waals surface area contributed by atoms with Gasteiger partial charge in [-0.15, -0.1) is 0 Å². The van der Waals surface area contributed by atoms with E-state index >= 15 is 0 Å². The van der Waals surface area contributed by atoms with Gasteiger partial charge in [0.05, 0.1) is 5.57 Å². The summed E-state index contributed by atoms with van der Waals surface area (Å²) in [6, 6.07) is 5.57. The number of benzene rings is 1. The number of hydrogen-bond acceptors (Lipinski definition) is 0. The van der Waals surface area contributed by atoms with Gasteiger partial charge in [-0.2, -0.15) is 24.1 Å². The predicted octanol–water partition coefficient (Wildman–Crippen LogP) is 5.65. The monoisotopic (exact) mass is 418 g/mol. The molecule has 0 nitrogen and oxygen atoms in total. The molecule has 0 bridgehead atoms. The van der Waals surface area contributed by atoms with Gasteiger partial charge in [0.2, 0.25) is 0 Å². The summed E-state index contributed by atoms with van der Waals surface area (Å²) < 4.78 is 38.6. The van der Waals surface area contributed by atoms with E-state index in [1.807, 2.05) is 12.1 Å². The zero-order chi connectivity index (χ0) is 14.0. The first-order valence-electron chi connectivity index (χ1n) is 5.52. The van der Waals surface area contributed by atoms with Crippen LogP contribution in [0.15, 0.2) is 45.6 Å². The number of hydrogen-bond donors (Lipinski definition) is 1. The van der Waals surface area contributed by atoms with E-state index in [-0.39, 0.29) is 0 Å². The van der Waals surface area contributed by atoms with Crippen LogP contribution in [-0.4, -0.2) is 10.6 Å². The fraction of sp³-hybridized carbons (Fsp3) is 0.231. The first-order valence-corrected chi connectivity index (χ1v) is 8.90. The molecule has 1 atom stereocenters. The van der Waals surface area contributed by atoms with Crippen molar-refractivity contribution in [3.05, 3.63) is 51.3 Å². The lowest BCUT2D eigenvalue weighted by molar-refractivity contribution is -0.0878. The van der Waals surface area contributed by atoms with Crippen LogP contribution in [0, 0.1) is 0 Å². The van der Waals surface area contributed by atoms with Crippen molar-refractivity contribution < 1.29 is 13.2 Å². The van der Waals surface area contributed by atoms with E-state index in [0.29, 0.717) is 5.02 Å². The molecule has 1 heterocycles. The number of halogens is 5. The molecular formula is C13H11ClF3IS. The summed E-state index contributed by atoms with van der Waals surface area (Å²) >= 11 is 8.42. The SMILES string of the molecule is FC(F)(F)C1=C[SH](c2ccc(CCI)c(Cl)c2)C=C1. The molecule has 1 unspecified atom stereocenters. The van der Waals surface area contributed by atoms with Crippen molar-refractivity contribution in [1.29, 1.82) is 0 Å². The fourth-order valence-corrected chi connectivity index (χ4v) is 4.44. The molecule has 104 valence electrons. The van der Waals surface area contributed by atoms with E-state index in [9.17, 15) is 13.2 Å². The van der Waals surface area contributed by atoms with Crippen LogP contribution in [-0.2, 0) is 6.42 Å². The molecule has 0 radical (unpaired) electrons. The Bertz CT molecular complexity index is 537. The van der Waals surface area contributed by atoms with Gasteiger partial charge in [-0.25, -0.2) is 0 Å². The van der Waals surface area contributed by atoms with Gasteiger partial charge < -0.3 is 0 Å². The maximum atomic E-state index is 12.6. The average molecular weight is 419 g/mol. The Balaban J connectivity index is 2.23. The van der Waals surface area contributed by atoms with Gasteiger partial charge in [0.25, 0.3) is 0 Å². The van der Waals surface area contributed by atoms with Gasteiger partial charge >= 0.3 is 6.18 Å². The van der Waals surface area contributed by atoms with Crippen LogP contribution in [0.4, 0.5) is 13.2 Å². The molecule has 0 spiro atoms. The Morgan fingerprint density at radius 2 is 2.00 bits per heavy atom. The minimum atomic E-state index is -4.27. The van der Waals surface area contributed by atoms with Crippen LogP contribution in [0.5, 0.6) is 0 Å². The molecule has 0 N–H and O–H groups in total. The molecule has 0 amide bonds. The summed E-state index contributed by atoms with van der Waals surface area (Å²) in [6.45, 7) is 0. The maximum absolute atomic E-state index is 12.6. The summed E-state index contributed by atoms with van der Waals surface area (Å²) in [5.41, 5.74) is 0.476. The lowest BCUT2D eigenvalue weighted by Gasteiger charge is -2.13. The van der Waals surface area contributed by atoms with Crippen molar-refractivity contribution >= 4 is 45.1 Å². The average Bonchev–Trinajstić information content (AvgIpc) is 2.81. The van der Waals surface area contributed by atoms with Crippen molar-refractivity contribution in [2.24, 2.45) is 0 Å². The lowest BCUT2D eigenvalue weighted by atomic mass is 10.2. The summed E-state index contributed by atoms with van der Waals surface area (Å²) in [5.74, 6) is 0. The Labute approximate surface area is 131 Å².